The minimum atomic E-state index is -3.76. The van der Waals surface area contributed by atoms with E-state index in [2.05, 4.69) is 10.0 Å². The van der Waals surface area contributed by atoms with E-state index in [0.29, 0.717) is 30.1 Å². The Morgan fingerprint density at radius 2 is 1.94 bits per heavy atom. The van der Waals surface area contributed by atoms with Crippen LogP contribution in [0.2, 0.25) is 0 Å². The highest BCUT2D eigenvalue weighted by Gasteiger charge is 2.30. The quantitative estimate of drug-likeness (QED) is 0.581. The molecule has 9 heteroatoms. The number of hydrogen-bond acceptors (Lipinski definition) is 6. The molecular weight excluding hydrogens is 430 g/mol. The molecule has 174 valence electrons. The predicted octanol–water partition coefficient (Wildman–Crippen LogP) is 1.86. The van der Waals surface area contributed by atoms with Gasteiger partial charge in [0.25, 0.3) is 10.0 Å². The summed E-state index contributed by atoms with van der Waals surface area (Å²) in [5.41, 5.74) is 0.942. The van der Waals surface area contributed by atoms with Gasteiger partial charge in [0.2, 0.25) is 5.91 Å². The van der Waals surface area contributed by atoms with Gasteiger partial charge in [0, 0.05) is 30.3 Å². The maximum Gasteiger partial charge on any atom is 0.261 e. The van der Waals surface area contributed by atoms with Crippen molar-refractivity contribution in [2.75, 3.05) is 31.5 Å². The Morgan fingerprint density at radius 1 is 1.22 bits per heavy atom. The van der Waals surface area contributed by atoms with Crippen molar-refractivity contribution in [3.63, 3.8) is 0 Å². The Morgan fingerprint density at radius 3 is 2.59 bits per heavy atom. The number of anilines is 1. The molecule has 0 aliphatic carbocycles. The largest absolute Gasteiger partial charge is 0.488 e. The number of ether oxygens (including phenoxy) is 1. The maximum atomic E-state index is 13.1. The summed E-state index contributed by atoms with van der Waals surface area (Å²) in [5, 5.41) is 12.8. The lowest BCUT2D eigenvalue weighted by Crippen LogP contribution is -2.47. The molecule has 0 bridgehead atoms. The average molecular weight is 462 g/mol. The minimum Gasteiger partial charge on any atom is -0.488 e. The number of nitrogens with zero attached hydrogens (tertiary/aromatic N) is 1. The number of likely N-dealkylation sites (N-methyl/N-ethyl adjacent to an activating group) is 1. The van der Waals surface area contributed by atoms with Crippen molar-refractivity contribution in [2.24, 2.45) is 5.92 Å². The molecule has 0 fully saturated rings. The van der Waals surface area contributed by atoms with Gasteiger partial charge in [0.1, 0.15) is 11.9 Å². The van der Waals surface area contributed by atoms with Gasteiger partial charge in [-0.2, -0.15) is 0 Å². The van der Waals surface area contributed by atoms with Crippen molar-refractivity contribution < 1.29 is 23.1 Å². The second kappa shape index (κ2) is 10.3. The third-order valence-corrected chi connectivity index (χ3v) is 7.02. The molecule has 0 saturated carbocycles. The average Bonchev–Trinajstić information content (AvgIpc) is 2.82. The standard InChI is InChI=1S/C23H31N3O5S/c1-16-14-26(17(2)15-27)23(28)12-18-11-19(9-10-21(18)31-22(16)13-24-3)25-32(29,30)20-7-5-4-6-8-20/h4-11,16-17,22,24-25,27H,12-15H2,1-3H3/t16-,17+,22-/m1/s1. The minimum absolute atomic E-state index is 0.0163. The second-order valence-electron chi connectivity index (χ2n) is 8.19. The fourth-order valence-corrected chi connectivity index (χ4v) is 4.82. The Kier molecular flexibility index (Phi) is 7.76. The maximum absolute atomic E-state index is 13.1. The van der Waals surface area contributed by atoms with Gasteiger partial charge < -0.3 is 20.1 Å². The van der Waals surface area contributed by atoms with Crippen LogP contribution in [0.15, 0.2) is 53.4 Å². The molecule has 0 unspecified atom stereocenters. The van der Waals surface area contributed by atoms with E-state index in [9.17, 15) is 18.3 Å². The number of aliphatic hydroxyl groups is 1. The highest BCUT2D eigenvalue weighted by Crippen LogP contribution is 2.29. The Bertz CT molecular complexity index is 1030. The predicted molar refractivity (Wildman–Crippen MR) is 123 cm³/mol. The summed E-state index contributed by atoms with van der Waals surface area (Å²) < 4.78 is 34.3. The van der Waals surface area contributed by atoms with Crippen LogP contribution < -0.4 is 14.8 Å². The number of benzene rings is 2. The van der Waals surface area contributed by atoms with Crippen LogP contribution in [0.4, 0.5) is 5.69 Å². The van der Waals surface area contributed by atoms with Crippen molar-refractivity contribution in [1.29, 1.82) is 0 Å². The first kappa shape index (κ1) is 24.0. The summed E-state index contributed by atoms with van der Waals surface area (Å²) in [4.78, 5) is 14.9. The number of nitrogens with one attached hydrogen (secondary N) is 2. The third-order valence-electron chi connectivity index (χ3n) is 5.63. The zero-order valence-electron chi connectivity index (χ0n) is 18.6. The summed E-state index contributed by atoms with van der Waals surface area (Å²) in [6, 6.07) is 12.7. The molecule has 0 spiro atoms. The van der Waals surface area contributed by atoms with Crippen LogP contribution in [-0.4, -0.2) is 63.2 Å². The number of carbonyl (C=O) groups excluding carboxylic acids is 1. The van der Waals surface area contributed by atoms with Gasteiger partial charge in [-0.25, -0.2) is 8.42 Å². The molecule has 2 aromatic rings. The van der Waals surface area contributed by atoms with E-state index in [1.807, 2.05) is 20.9 Å². The topological polar surface area (TPSA) is 108 Å². The summed E-state index contributed by atoms with van der Waals surface area (Å²) in [6.45, 7) is 4.72. The van der Waals surface area contributed by atoms with Gasteiger partial charge in [-0.1, -0.05) is 25.1 Å². The van der Waals surface area contributed by atoms with Crippen LogP contribution >= 0.6 is 0 Å². The van der Waals surface area contributed by atoms with Crippen LogP contribution in [0.1, 0.15) is 19.4 Å². The molecule has 2 aromatic carbocycles. The molecule has 8 nitrogen and oxygen atoms in total. The number of aliphatic hydroxyl groups excluding tert-OH is 1. The lowest BCUT2D eigenvalue weighted by atomic mass is 10.0. The third kappa shape index (κ3) is 5.59. The van der Waals surface area contributed by atoms with Gasteiger partial charge in [-0.05, 0) is 44.3 Å². The van der Waals surface area contributed by atoms with E-state index in [-0.39, 0.29) is 41.9 Å². The van der Waals surface area contributed by atoms with E-state index in [1.165, 1.54) is 12.1 Å². The Hall–Kier alpha value is -2.62. The fraction of sp³-hybridized carbons (Fsp3) is 0.435. The van der Waals surface area contributed by atoms with E-state index >= 15 is 0 Å². The summed E-state index contributed by atoms with van der Waals surface area (Å²) >= 11 is 0. The molecule has 0 aromatic heterocycles. The number of fused-ring (bicyclic) bond motifs is 1. The van der Waals surface area contributed by atoms with Crippen LogP contribution in [0.25, 0.3) is 0 Å². The zero-order valence-corrected chi connectivity index (χ0v) is 19.4. The highest BCUT2D eigenvalue weighted by atomic mass is 32.2. The van der Waals surface area contributed by atoms with Crippen molar-refractivity contribution in [1.82, 2.24) is 10.2 Å². The van der Waals surface area contributed by atoms with E-state index in [4.69, 9.17) is 4.74 Å². The van der Waals surface area contributed by atoms with Crippen LogP contribution in [-0.2, 0) is 21.2 Å². The van der Waals surface area contributed by atoms with Crippen molar-refractivity contribution in [2.45, 2.75) is 37.3 Å². The Labute approximate surface area is 189 Å². The molecule has 3 N–H and O–H groups in total. The fourth-order valence-electron chi connectivity index (χ4n) is 3.75. The summed E-state index contributed by atoms with van der Waals surface area (Å²) in [7, 11) is -1.92. The number of amides is 1. The van der Waals surface area contributed by atoms with E-state index in [0.717, 1.165) is 0 Å². The molecule has 3 rings (SSSR count). The van der Waals surface area contributed by atoms with Crippen molar-refractivity contribution in [3.8, 4) is 5.75 Å². The lowest BCUT2D eigenvalue weighted by Gasteiger charge is -2.32. The summed E-state index contributed by atoms with van der Waals surface area (Å²) in [5.74, 6) is 0.422. The first-order valence-electron chi connectivity index (χ1n) is 10.7. The molecule has 0 radical (unpaired) electrons. The van der Waals surface area contributed by atoms with Crippen LogP contribution in [0.5, 0.6) is 5.75 Å². The summed E-state index contributed by atoms with van der Waals surface area (Å²) in [6.07, 6.45) is -0.163. The lowest BCUT2D eigenvalue weighted by molar-refractivity contribution is -0.134. The SMILES string of the molecule is CNC[C@H]1Oc2ccc(NS(=O)(=O)c3ccccc3)cc2CC(=O)N([C@@H](C)CO)C[C@H]1C. The number of hydrogen-bond donors (Lipinski definition) is 3. The van der Waals surface area contributed by atoms with Crippen LogP contribution in [0, 0.1) is 5.92 Å². The number of rotatable bonds is 7. The molecule has 3 atom stereocenters. The smallest absolute Gasteiger partial charge is 0.261 e. The van der Waals surface area contributed by atoms with Crippen molar-refractivity contribution in [3.05, 3.63) is 54.1 Å². The number of sulfonamides is 1. The number of carbonyl (C=O) groups is 1. The zero-order chi connectivity index (χ0) is 23.3. The first-order valence-corrected chi connectivity index (χ1v) is 12.2. The second-order valence-corrected chi connectivity index (χ2v) is 9.87. The van der Waals surface area contributed by atoms with E-state index in [1.54, 1.807) is 41.3 Å². The van der Waals surface area contributed by atoms with Gasteiger partial charge in [-0.15, -0.1) is 0 Å². The molecule has 32 heavy (non-hydrogen) atoms. The van der Waals surface area contributed by atoms with Crippen LogP contribution in [0.3, 0.4) is 0 Å². The molecule has 1 amide bonds. The highest BCUT2D eigenvalue weighted by molar-refractivity contribution is 7.92. The molecule has 0 saturated heterocycles. The first-order chi connectivity index (χ1) is 15.2. The van der Waals surface area contributed by atoms with Gasteiger partial charge in [0.15, 0.2) is 0 Å². The van der Waals surface area contributed by atoms with Gasteiger partial charge in [-0.3, -0.25) is 9.52 Å². The van der Waals surface area contributed by atoms with Gasteiger partial charge in [0.05, 0.1) is 24.0 Å². The molecule has 1 heterocycles. The molecular formula is C23H31N3O5S. The Balaban J connectivity index is 1.96. The van der Waals surface area contributed by atoms with E-state index < -0.39 is 10.0 Å². The molecule has 1 aliphatic rings. The molecule has 1 aliphatic heterocycles. The monoisotopic (exact) mass is 461 g/mol. The van der Waals surface area contributed by atoms with Crippen molar-refractivity contribution >= 4 is 21.6 Å². The normalized spacial score (nSPS) is 20.4. The van der Waals surface area contributed by atoms with Gasteiger partial charge >= 0.3 is 0 Å².